The molecule has 0 aliphatic carbocycles. The van der Waals surface area contributed by atoms with Crippen LogP contribution in [-0.4, -0.2) is 25.8 Å². The van der Waals surface area contributed by atoms with Gasteiger partial charge in [-0.05, 0) is 42.8 Å². The second kappa shape index (κ2) is 6.92. The fraction of sp³-hybridized carbons (Fsp3) is 0.0500. The number of para-hydroxylation sites is 2. The van der Waals surface area contributed by atoms with Crippen LogP contribution in [0.3, 0.4) is 0 Å². The number of rotatable bonds is 4. The van der Waals surface area contributed by atoms with Crippen LogP contribution in [0.2, 0.25) is 0 Å². The summed E-state index contributed by atoms with van der Waals surface area (Å²) in [6.07, 6.45) is 0. The molecule has 0 atom stereocenters. The molecule has 3 aromatic carbocycles. The summed E-state index contributed by atoms with van der Waals surface area (Å²) in [7, 11) is 0. The Morgan fingerprint density at radius 1 is 1.04 bits per heavy atom. The summed E-state index contributed by atoms with van der Waals surface area (Å²) in [4.78, 5) is 24.8. The molecule has 0 aliphatic heterocycles. The Kier molecular flexibility index (Phi) is 4.29. The van der Waals surface area contributed by atoms with E-state index >= 15 is 0 Å². The van der Waals surface area contributed by atoms with Crippen molar-refractivity contribution in [1.82, 2.24) is 15.0 Å². The normalized spacial score (nSPS) is 10.8. The maximum Gasteiger partial charge on any atom is 0.282 e. The molecule has 0 spiro atoms. The van der Waals surface area contributed by atoms with E-state index in [1.54, 1.807) is 12.1 Å². The van der Waals surface area contributed by atoms with Crippen molar-refractivity contribution in [2.24, 2.45) is 0 Å². The van der Waals surface area contributed by atoms with Gasteiger partial charge >= 0.3 is 0 Å². The molecule has 138 valence electrons. The van der Waals surface area contributed by atoms with Crippen molar-refractivity contribution in [3.63, 3.8) is 0 Å². The first-order chi connectivity index (χ1) is 13.5. The Hall–Kier alpha value is -4.07. The highest BCUT2D eigenvalue weighted by molar-refractivity contribution is 6.10. The standard InChI is InChI=1S/C20H15N5O3/c1-13-11-16(21-20(26)15-9-5-6-10-18(15)25(27)28)19-17(12-13)22-24(23-19)14-7-3-2-4-8-14/h2-12H,1H3,(H,21,26). The lowest BCUT2D eigenvalue weighted by Gasteiger charge is -2.07. The van der Waals surface area contributed by atoms with E-state index in [9.17, 15) is 14.9 Å². The Balaban J connectivity index is 1.76. The molecule has 1 N–H and O–H groups in total. The maximum absolute atomic E-state index is 12.7. The molecule has 0 saturated heterocycles. The minimum atomic E-state index is -0.577. The highest BCUT2D eigenvalue weighted by Crippen LogP contribution is 2.25. The smallest absolute Gasteiger partial charge is 0.282 e. The zero-order chi connectivity index (χ0) is 19.7. The third-order valence-corrected chi connectivity index (χ3v) is 4.21. The SMILES string of the molecule is Cc1cc(NC(=O)c2ccccc2[N+](=O)[O-])c2nn(-c3ccccc3)nc2c1. The van der Waals surface area contributed by atoms with E-state index in [1.807, 2.05) is 43.3 Å². The highest BCUT2D eigenvalue weighted by Gasteiger charge is 2.21. The molecule has 1 heterocycles. The van der Waals surface area contributed by atoms with Crippen LogP contribution in [0.1, 0.15) is 15.9 Å². The van der Waals surface area contributed by atoms with Gasteiger partial charge in [-0.3, -0.25) is 14.9 Å². The van der Waals surface area contributed by atoms with Gasteiger partial charge < -0.3 is 5.32 Å². The fourth-order valence-corrected chi connectivity index (χ4v) is 2.95. The van der Waals surface area contributed by atoms with E-state index in [-0.39, 0.29) is 11.3 Å². The van der Waals surface area contributed by atoms with Crippen molar-refractivity contribution < 1.29 is 9.72 Å². The van der Waals surface area contributed by atoms with Crippen LogP contribution in [0.5, 0.6) is 0 Å². The molecule has 4 aromatic rings. The largest absolute Gasteiger partial charge is 0.320 e. The first-order valence-corrected chi connectivity index (χ1v) is 8.51. The van der Waals surface area contributed by atoms with Crippen LogP contribution < -0.4 is 5.32 Å². The van der Waals surface area contributed by atoms with Gasteiger partial charge in [0.2, 0.25) is 0 Å². The van der Waals surface area contributed by atoms with Gasteiger partial charge in [-0.2, -0.15) is 4.80 Å². The number of nitro groups is 1. The van der Waals surface area contributed by atoms with Gasteiger partial charge in [0.1, 0.15) is 16.6 Å². The topological polar surface area (TPSA) is 103 Å². The van der Waals surface area contributed by atoms with Crippen LogP contribution in [-0.2, 0) is 0 Å². The van der Waals surface area contributed by atoms with Crippen molar-refractivity contribution in [2.45, 2.75) is 6.92 Å². The zero-order valence-electron chi connectivity index (χ0n) is 14.9. The summed E-state index contributed by atoms with van der Waals surface area (Å²) in [5.74, 6) is -0.575. The summed E-state index contributed by atoms with van der Waals surface area (Å²) in [5, 5.41) is 22.9. The Morgan fingerprint density at radius 2 is 1.75 bits per heavy atom. The molecular weight excluding hydrogens is 358 g/mol. The van der Waals surface area contributed by atoms with Crippen LogP contribution in [0.15, 0.2) is 66.7 Å². The number of fused-ring (bicyclic) bond motifs is 1. The Bertz CT molecular complexity index is 1200. The van der Waals surface area contributed by atoms with E-state index in [2.05, 4.69) is 15.5 Å². The lowest BCUT2D eigenvalue weighted by molar-refractivity contribution is -0.385. The predicted molar refractivity (Wildman–Crippen MR) is 105 cm³/mol. The second-order valence-corrected chi connectivity index (χ2v) is 6.23. The number of carbonyl (C=O) groups excluding carboxylic acids is 1. The quantitative estimate of drug-likeness (QED) is 0.432. The van der Waals surface area contributed by atoms with E-state index < -0.39 is 10.8 Å². The molecule has 0 fully saturated rings. The van der Waals surface area contributed by atoms with E-state index in [0.717, 1.165) is 11.3 Å². The molecule has 0 aliphatic rings. The Morgan fingerprint density at radius 3 is 2.50 bits per heavy atom. The van der Waals surface area contributed by atoms with Gasteiger partial charge in [0.25, 0.3) is 11.6 Å². The van der Waals surface area contributed by atoms with Crippen LogP contribution in [0, 0.1) is 17.0 Å². The highest BCUT2D eigenvalue weighted by atomic mass is 16.6. The molecular formula is C20H15N5O3. The number of anilines is 1. The van der Waals surface area contributed by atoms with Crippen molar-refractivity contribution >= 4 is 28.3 Å². The number of nitrogens with zero attached hydrogens (tertiary/aromatic N) is 4. The van der Waals surface area contributed by atoms with Crippen LogP contribution in [0.25, 0.3) is 16.7 Å². The summed E-state index contributed by atoms with van der Waals surface area (Å²) in [5.41, 5.74) is 2.95. The number of amides is 1. The molecule has 4 rings (SSSR count). The summed E-state index contributed by atoms with van der Waals surface area (Å²) < 4.78 is 0. The molecule has 0 bridgehead atoms. The van der Waals surface area contributed by atoms with Crippen molar-refractivity contribution in [1.29, 1.82) is 0 Å². The number of aromatic nitrogens is 3. The van der Waals surface area contributed by atoms with Crippen molar-refractivity contribution in [3.8, 4) is 5.69 Å². The van der Waals surface area contributed by atoms with E-state index in [4.69, 9.17) is 0 Å². The van der Waals surface area contributed by atoms with Gasteiger partial charge in [-0.25, -0.2) is 0 Å². The fourth-order valence-electron chi connectivity index (χ4n) is 2.95. The van der Waals surface area contributed by atoms with Gasteiger partial charge in [0.05, 0.1) is 16.3 Å². The third-order valence-electron chi connectivity index (χ3n) is 4.21. The number of aryl methyl sites for hydroxylation is 1. The summed E-state index contributed by atoms with van der Waals surface area (Å²) >= 11 is 0. The van der Waals surface area contributed by atoms with Crippen molar-refractivity contribution in [3.05, 3.63) is 88.0 Å². The number of hydrogen-bond acceptors (Lipinski definition) is 5. The van der Waals surface area contributed by atoms with Gasteiger partial charge in [-0.15, -0.1) is 10.2 Å². The predicted octanol–water partition coefficient (Wildman–Crippen LogP) is 3.89. The summed E-state index contributed by atoms with van der Waals surface area (Å²) in [6.45, 7) is 1.88. The van der Waals surface area contributed by atoms with Crippen LogP contribution >= 0.6 is 0 Å². The molecule has 0 unspecified atom stereocenters. The minimum absolute atomic E-state index is 0.0161. The number of hydrogen-bond donors (Lipinski definition) is 1. The average Bonchev–Trinajstić information content (AvgIpc) is 3.12. The molecule has 28 heavy (non-hydrogen) atoms. The Labute approximate surface area is 159 Å². The summed E-state index contributed by atoms with van der Waals surface area (Å²) in [6, 6.07) is 18.8. The van der Waals surface area contributed by atoms with Gasteiger partial charge in [0.15, 0.2) is 0 Å². The molecule has 1 aromatic heterocycles. The van der Waals surface area contributed by atoms with E-state index in [0.29, 0.717) is 16.7 Å². The number of nitrogens with one attached hydrogen (secondary N) is 1. The lowest BCUT2D eigenvalue weighted by Crippen LogP contribution is -2.14. The first-order valence-electron chi connectivity index (χ1n) is 8.51. The second-order valence-electron chi connectivity index (χ2n) is 6.23. The number of nitro benzene ring substituents is 1. The molecule has 0 saturated carbocycles. The van der Waals surface area contributed by atoms with Crippen LogP contribution in [0.4, 0.5) is 11.4 Å². The molecule has 1 amide bonds. The van der Waals surface area contributed by atoms with Gasteiger partial charge in [-0.1, -0.05) is 30.3 Å². The first kappa shape index (κ1) is 17.3. The average molecular weight is 373 g/mol. The zero-order valence-corrected chi connectivity index (χ0v) is 14.9. The molecule has 8 nitrogen and oxygen atoms in total. The number of carbonyl (C=O) groups is 1. The third kappa shape index (κ3) is 3.18. The maximum atomic E-state index is 12.7. The molecule has 8 heteroatoms. The lowest BCUT2D eigenvalue weighted by atomic mass is 10.1. The monoisotopic (exact) mass is 373 g/mol. The molecule has 0 radical (unpaired) electrons. The minimum Gasteiger partial charge on any atom is -0.320 e. The van der Waals surface area contributed by atoms with E-state index in [1.165, 1.54) is 23.0 Å². The van der Waals surface area contributed by atoms with Crippen molar-refractivity contribution in [2.75, 3.05) is 5.32 Å². The number of benzene rings is 3. The van der Waals surface area contributed by atoms with Gasteiger partial charge in [0, 0.05) is 6.07 Å².